The van der Waals surface area contributed by atoms with E-state index in [1.54, 1.807) is 0 Å². The van der Waals surface area contributed by atoms with E-state index < -0.39 is 0 Å². The molecule has 24 heavy (non-hydrogen) atoms. The van der Waals surface area contributed by atoms with Crippen molar-refractivity contribution in [2.45, 2.75) is 26.3 Å². The fourth-order valence-electron chi connectivity index (χ4n) is 3.44. The first-order chi connectivity index (χ1) is 11.7. The second-order valence-corrected chi connectivity index (χ2v) is 6.27. The largest absolute Gasteiger partial charge is 0.338 e. The molecule has 0 bridgehead atoms. The summed E-state index contributed by atoms with van der Waals surface area (Å²) >= 11 is 0. The van der Waals surface area contributed by atoms with Crippen molar-refractivity contribution < 1.29 is 4.52 Å². The minimum Gasteiger partial charge on any atom is -0.338 e. The number of aromatic nitrogens is 4. The van der Waals surface area contributed by atoms with Crippen LogP contribution in [0.3, 0.4) is 0 Å². The van der Waals surface area contributed by atoms with Gasteiger partial charge in [0.05, 0.1) is 17.9 Å². The predicted octanol–water partition coefficient (Wildman–Crippen LogP) is 2.38. The number of benzene rings is 1. The second kappa shape index (κ2) is 6.20. The zero-order chi connectivity index (χ0) is 16.5. The van der Waals surface area contributed by atoms with Gasteiger partial charge in [-0.25, -0.2) is 0 Å². The molecule has 0 N–H and O–H groups in total. The van der Waals surface area contributed by atoms with E-state index in [4.69, 9.17) is 9.62 Å². The Kier molecular flexibility index (Phi) is 3.90. The Hall–Kier alpha value is -2.47. The lowest BCUT2D eigenvalue weighted by atomic mass is 10.0. The van der Waals surface area contributed by atoms with Gasteiger partial charge in [-0.2, -0.15) is 10.1 Å². The maximum Gasteiger partial charge on any atom is 0.240 e. The Bertz CT molecular complexity index is 836. The lowest BCUT2D eigenvalue weighted by Crippen LogP contribution is -2.26. The summed E-state index contributed by atoms with van der Waals surface area (Å²) in [5.41, 5.74) is 5.05. The van der Waals surface area contributed by atoms with Gasteiger partial charge in [-0.1, -0.05) is 35.5 Å². The minimum absolute atomic E-state index is 0.691. The Balaban J connectivity index is 1.56. The van der Waals surface area contributed by atoms with Crippen molar-refractivity contribution in [2.24, 2.45) is 7.05 Å². The maximum absolute atomic E-state index is 5.26. The first-order valence-corrected chi connectivity index (χ1v) is 8.32. The van der Waals surface area contributed by atoms with Crippen molar-refractivity contribution in [3.8, 4) is 11.3 Å². The molecule has 0 fully saturated rings. The summed E-state index contributed by atoms with van der Waals surface area (Å²) in [6.45, 7) is 4.48. The van der Waals surface area contributed by atoms with Crippen molar-refractivity contribution >= 4 is 0 Å². The van der Waals surface area contributed by atoms with Gasteiger partial charge < -0.3 is 4.52 Å². The summed E-state index contributed by atoms with van der Waals surface area (Å²) in [5, 5.41) is 8.64. The average Bonchev–Trinajstić information content (AvgIpc) is 3.07. The molecule has 0 aliphatic carbocycles. The Morgan fingerprint density at radius 3 is 2.67 bits per heavy atom. The number of aryl methyl sites for hydroxylation is 2. The molecule has 124 valence electrons. The molecule has 2 aromatic heterocycles. The van der Waals surface area contributed by atoms with E-state index in [2.05, 4.69) is 39.3 Å². The van der Waals surface area contributed by atoms with Crippen molar-refractivity contribution in [1.29, 1.82) is 0 Å². The molecular formula is C18H21N5O. The Labute approximate surface area is 141 Å². The summed E-state index contributed by atoms with van der Waals surface area (Å²) in [5.74, 6) is 1.38. The third kappa shape index (κ3) is 2.85. The van der Waals surface area contributed by atoms with Crippen LogP contribution in [0.5, 0.6) is 0 Å². The summed E-state index contributed by atoms with van der Waals surface area (Å²) < 4.78 is 7.28. The van der Waals surface area contributed by atoms with E-state index >= 15 is 0 Å². The highest BCUT2D eigenvalue weighted by Gasteiger charge is 2.23. The van der Waals surface area contributed by atoms with Crippen molar-refractivity contribution in [3.05, 3.63) is 53.3 Å². The highest BCUT2D eigenvalue weighted by Crippen LogP contribution is 2.28. The van der Waals surface area contributed by atoms with Crippen LogP contribution in [0.25, 0.3) is 11.3 Å². The van der Waals surface area contributed by atoms with Crippen molar-refractivity contribution in [1.82, 2.24) is 24.8 Å². The number of hydrogen-bond donors (Lipinski definition) is 0. The van der Waals surface area contributed by atoms with Crippen LogP contribution >= 0.6 is 0 Å². The lowest BCUT2D eigenvalue weighted by Gasteiger charge is -2.17. The molecule has 6 nitrogen and oxygen atoms in total. The molecule has 6 heteroatoms. The quantitative estimate of drug-likeness (QED) is 0.740. The fraction of sp³-hybridized carbons (Fsp3) is 0.389. The summed E-state index contributed by atoms with van der Waals surface area (Å²) in [4.78, 5) is 6.68. The van der Waals surface area contributed by atoms with Gasteiger partial charge >= 0.3 is 0 Å². The predicted molar refractivity (Wildman–Crippen MR) is 90.4 cm³/mol. The SMILES string of the molecule is Cc1noc(CN2CCc3nn(C)c(-c4ccccc4)c3CC2)n1. The van der Waals surface area contributed by atoms with Crippen LogP contribution in [0.2, 0.25) is 0 Å². The van der Waals surface area contributed by atoms with Gasteiger partial charge in [-0.15, -0.1) is 0 Å². The highest BCUT2D eigenvalue weighted by molar-refractivity contribution is 5.64. The topological polar surface area (TPSA) is 60.0 Å². The van der Waals surface area contributed by atoms with Crippen LogP contribution in [0, 0.1) is 6.92 Å². The zero-order valence-corrected chi connectivity index (χ0v) is 14.1. The summed E-state index contributed by atoms with van der Waals surface area (Å²) in [6, 6.07) is 10.5. The fourth-order valence-corrected chi connectivity index (χ4v) is 3.44. The van der Waals surface area contributed by atoms with Crippen LogP contribution in [0.15, 0.2) is 34.9 Å². The van der Waals surface area contributed by atoms with Crippen LogP contribution < -0.4 is 0 Å². The van der Waals surface area contributed by atoms with E-state index in [9.17, 15) is 0 Å². The third-order valence-electron chi connectivity index (χ3n) is 4.55. The normalized spacial score (nSPS) is 15.2. The van der Waals surface area contributed by atoms with Crippen LogP contribution in [-0.4, -0.2) is 37.9 Å². The Morgan fingerprint density at radius 1 is 1.12 bits per heavy atom. The molecule has 1 aromatic carbocycles. The zero-order valence-electron chi connectivity index (χ0n) is 14.1. The van der Waals surface area contributed by atoms with Crippen LogP contribution in [-0.2, 0) is 26.4 Å². The van der Waals surface area contributed by atoms with Gasteiger partial charge in [-0.3, -0.25) is 9.58 Å². The number of nitrogens with zero attached hydrogens (tertiary/aromatic N) is 5. The molecule has 4 rings (SSSR count). The molecule has 1 aliphatic heterocycles. The van der Waals surface area contributed by atoms with Gasteiger partial charge in [0.15, 0.2) is 5.82 Å². The van der Waals surface area contributed by atoms with Gasteiger partial charge in [0.25, 0.3) is 0 Å². The molecule has 0 saturated heterocycles. The van der Waals surface area contributed by atoms with Crippen molar-refractivity contribution in [2.75, 3.05) is 13.1 Å². The number of fused-ring (bicyclic) bond motifs is 1. The van der Waals surface area contributed by atoms with E-state index in [0.717, 1.165) is 25.9 Å². The first kappa shape index (κ1) is 15.1. The van der Waals surface area contributed by atoms with E-state index in [1.807, 2.05) is 24.7 Å². The number of hydrogen-bond acceptors (Lipinski definition) is 5. The molecule has 3 aromatic rings. The van der Waals surface area contributed by atoms with E-state index in [1.165, 1.54) is 22.5 Å². The lowest BCUT2D eigenvalue weighted by molar-refractivity contribution is 0.234. The average molecular weight is 323 g/mol. The molecule has 1 aliphatic rings. The van der Waals surface area contributed by atoms with Gasteiger partial charge in [0, 0.05) is 37.7 Å². The van der Waals surface area contributed by atoms with Crippen LogP contribution in [0.4, 0.5) is 0 Å². The van der Waals surface area contributed by atoms with E-state index in [0.29, 0.717) is 18.3 Å². The van der Waals surface area contributed by atoms with Gasteiger partial charge in [0.2, 0.25) is 5.89 Å². The monoisotopic (exact) mass is 323 g/mol. The molecule has 0 radical (unpaired) electrons. The molecule has 0 spiro atoms. The van der Waals surface area contributed by atoms with Gasteiger partial charge in [-0.05, 0) is 13.3 Å². The standard InChI is InChI=1S/C18H21N5O/c1-13-19-17(24-21-13)12-23-10-8-15-16(9-11-23)20-22(2)18(15)14-6-4-3-5-7-14/h3-7H,8-12H2,1-2H3. The van der Waals surface area contributed by atoms with Crippen LogP contribution in [0.1, 0.15) is 23.0 Å². The highest BCUT2D eigenvalue weighted by atomic mass is 16.5. The molecule has 0 saturated carbocycles. The molecule has 3 heterocycles. The molecule has 0 amide bonds. The van der Waals surface area contributed by atoms with Gasteiger partial charge in [0.1, 0.15) is 0 Å². The molecular weight excluding hydrogens is 302 g/mol. The van der Waals surface area contributed by atoms with E-state index in [-0.39, 0.29) is 0 Å². The van der Waals surface area contributed by atoms with Crippen molar-refractivity contribution in [3.63, 3.8) is 0 Å². The molecule has 0 atom stereocenters. The molecule has 0 unspecified atom stereocenters. The first-order valence-electron chi connectivity index (χ1n) is 8.32. The summed E-state index contributed by atoms with van der Waals surface area (Å²) in [6.07, 6.45) is 1.93. The minimum atomic E-state index is 0.691. The Morgan fingerprint density at radius 2 is 1.92 bits per heavy atom. The number of rotatable bonds is 3. The maximum atomic E-state index is 5.26. The second-order valence-electron chi connectivity index (χ2n) is 6.27. The smallest absolute Gasteiger partial charge is 0.240 e. The third-order valence-corrected chi connectivity index (χ3v) is 4.55. The summed E-state index contributed by atoms with van der Waals surface area (Å²) in [7, 11) is 2.04.